The molecular weight excluding hydrogens is 218 g/mol. The molecule has 2 fully saturated rings. The van der Waals surface area contributed by atoms with Crippen molar-refractivity contribution in [3.05, 3.63) is 22.7 Å². The summed E-state index contributed by atoms with van der Waals surface area (Å²) >= 11 is 0. The van der Waals surface area contributed by atoms with E-state index in [1.807, 2.05) is 0 Å². The van der Waals surface area contributed by atoms with E-state index in [-0.39, 0.29) is 11.3 Å². The van der Waals surface area contributed by atoms with Gasteiger partial charge in [-0.2, -0.15) is 0 Å². The van der Waals surface area contributed by atoms with Crippen LogP contribution in [0, 0.1) is 6.57 Å². The maximum absolute atomic E-state index is 11.5. The zero-order chi connectivity index (χ0) is 12.3. The summed E-state index contributed by atoms with van der Waals surface area (Å²) in [7, 11) is 1.32. The zero-order valence-corrected chi connectivity index (χ0v) is 10.1. The average molecular weight is 235 g/mol. The minimum atomic E-state index is -0.509. The lowest BCUT2D eigenvalue weighted by atomic mass is 9.87. The number of esters is 1. The Balaban J connectivity index is 2.23. The van der Waals surface area contributed by atoms with Crippen LogP contribution in [0.5, 0.6) is 0 Å². The summed E-state index contributed by atoms with van der Waals surface area (Å²) in [6, 6.07) is 0. The molecule has 1 spiro atoms. The summed E-state index contributed by atoms with van der Waals surface area (Å²) in [5, 5.41) is 0. The van der Waals surface area contributed by atoms with Gasteiger partial charge >= 0.3 is 5.97 Å². The normalized spacial score (nSPS) is 25.4. The van der Waals surface area contributed by atoms with Crippen molar-refractivity contribution in [2.45, 2.75) is 44.1 Å². The molecule has 1 aliphatic carbocycles. The molecule has 1 heterocycles. The van der Waals surface area contributed by atoms with Crippen LogP contribution in [0.2, 0.25) is 0 Å². The fraction of sp³-hybridized carbons (Fsp3) is 0.692. The molecule has 1 saturated carbocycles. The lowest BCUT2D eigenvalue weighted by molar-refractivity contribution is -0.135. The average Bonchev–Trinajstić information content (AvgIpc) is 2.78. The van der Waals surface area contributed by atoms with E-state index in [0.717, 1.165) is 24.8 Å². The molecule has 0 N–H and O–H groups in total. The van der Waals surface area contributed by atoms with Crippen molar-refractivity contribution >= 4 is 5.97 Å². The Bertz CT molecular complexity index is 386. The van der Waals surface area contributed by atoms with Gasteiger partial charge in [-0.25, -0.2) is 4.85 Å². The number of hydrogen-bond donors (Lipinski definition) is 0. The van der Waals surface area contributed by atoms with E-state index < -0.39 is 5.97 Å². The van der Waals surface area contributed by atoms with Crippen molar-refractivity contribution in [1.82, 2.24) is 0 Å². The van der Waals surface area contributed by atoms with E-state index in [0.29, 0.717) is 13.0 Å². The van der Waals surface area contributed by atoms with Crippen molar-refractivity contribution in [2.24, 2.45) is 0 Å². The lowest BCUT2D eigenvalue weighted by Crippen LogP contribution is -2.34. The van der Waals surface area contributed by atoms with Gasteiger partial charge in [-0.15, -0.1) is 0 Å². The molecule has 17 heavy (non-hydrogen) atoms. The number of ether oxygens (including phenoxy) is 2. The van der Waals surface area contributed by atoms with Crippen LogP contribution in [0.4, 0.5) is 0 Å². The predicted molar refractivity (Wildman–Crippen MR) is 62.0 cm³/mol. The third-order valence-electron chi connectivity index (χ3n) is 3.69. The van der Waals surface area contributed by atoms with Gasteiger partial charge in [0.25, 0.3) is 5.70 Å². The summed E-state index contributed by atoms with van der Waals surface area (Å²) in [6.07, 6.45) is 5.85. The Morgan fingerprint density at radius 3 is 2.76 bits per heavy atom. The minimum Gasteiger partial charge on any atom is -0.474 e. The van der Waals surface area contributed by atoms with Crippen LogP contribution in [0.25, 0.3) is 4.85 Å². The molecule has 0 radical (unpaired) electrons. The molecule has 1 aliphatic heterocycles. The summed E-state index contributed by atoms with van der Waals surface area (Å²) < 4.78 is 10.5. The predicted octanol–water partition coefficient (Wildman–Crippen LogP) is 2.46. The molecule has 0 bridgehead atoms. The van der Waals surface area contributed by atoms with Gasteiger partial charge in [-0.3, -0.25) is 4.79 Å². The standard InChI is InChI=1S/C13H17NO3/c1-14-11(12(15)16-2)10-5-8-17-13(9-10)6-3-4-7-13/h3-9H2,2H3/b11-10+. The van der Waals surface area contributed by atoms with Crippen LogP contribution in [0.15, 0.2) is 11.3 Å². The Kier molecular flexibility index (Phi) is 3.49. The van der Waals surface area contributed by atoms with Crippen molar-refractivity contribution in [2.75, 3.05) is 13.7 Å². The smallest absolute Gasteiger partial charge is 0.335 e. The van der Waals surface area contributed by atoms with E-state index in [1.165, 1.54) is 20.0 Å². The van der Waals surface area contributed by atoms with Gasteiger partial charge in [0, 0.05) is 6.61 Å². The summed E-state index contributed by atoms with van der Waals surface area (Å²) in [5.41, 5.74) is 0.986. The number of methoxy groups -OCH3 is 1. The van der Waals surface area contributed by atoms with Gasteiger partial charge in [0.2, 0.25) is 0 Å². The van der Waals surface area contributed by atoms with Gasteiger partial charge in [-0.05, 0) is 25.7 Å². The first-order valence-electron chi connectivity index (χ1n) is 6.02. The number of hydrogen-bond acceptors (Lipinski definition) is 3. The minimum absolute atomic E-state index is 0.0997. The summed E-state index contributed by atoms with van der Waals surface area (Å²) in [5.74, 6) is -0.509. The van der Waals surface area contributed by atoms with Crippen LogP contribution in [0.1, 0.15) is 38.5 Å². The SMILES string of the molecule is [C-]#[N+]/C(C(=O)OC)=C1\CCOC2(CCCC2)C1. The van der Waals surface area contributed by atoms with E-state index in [9.17, 15) is 4.79 Å². The lowest BCUT2D eigenvalue weighted by Gasteiger charge is -2.35. The molecule has 4 heteroatoms. The highest BCUT2D eigenvalue weighted by Crippen LogP contribution is 2.42. The van der Waals surface area contributed by atoms with E-state index in [2.05, 4.69) is 9.58 Å². The van der Waals surface area contributed by atoms with Crippen molar-refractivity contribution in [3.8, 4) is 0 Å². The maximum Gasteiger partial charge on any atom is 0.335 e. The molecule has 0 amide bonds. The van der Waals surface area contributed by atoms with Crippen LogP contribution in [-0.4, -0.2) is 25.3 Å². The third-order valence-corrected chi connectivity index (χ3v) is 3.69. The Morgan fingerprint density at radius 2 is 2.18 bits per heavy atom. The summed E-state index contributed by atoms with van der Waals surface area (Å²) in [6.45, 7) is 7.73. The Morgan fingerprint density at radius 1 is 1.47 bits per heavy atom. The molecular formula is C13H17NO3. The zero-order valence-electron chi connectivity index (χ0n) is 10.1. The Hall–Kier alpha value is -1.34. The van der Waals surface area contributed by atoms with Crippen molar-refractivity contribution in [1.29, 1.82) is 0 Å². The Labute approximate surface area is 101 Å². The first-order chi connectivity index (χ1) is 8.21. The van der Waals surface area contributed by atoms with Crippen LogP contribution < -0.4 is 0 Å². The highest BCUT2D eigenvalue weighted by molar-refractivity contribution is 5.91. The van der Waals surface area contributed by atoms with Crippen molar-refractivity contribution < 1.29 is 14.3 Å². The van der Waals surface area contributed by atoms with Gasteiger partial charge in [0.05, 0.1) is 19.3 Å². The molecule has 2 aliphatic rings. The quantitative estimate of drug-likeness (QED) is 0.398. The molecule has 0 aromatic rings. The second-order valence-corrected chi connectivity index (χ2v) is 4.72. The number of carbonyl (C=O) groups excluding carboxylic acids is 1. The largest absolute Gasteiger partial charge is 0.474 e. The van der Waals surface area contributed by atoms with Gasteiger partial charge in [0.1, 0.15) is 0 Å². The van der Waals surface area contributed by atoms with Gasteiger partial charge in [0.15, 0.2) is 0 Å². The number of rotatable bonds is 1. The third kappa shape index (κ3) is 2.34. The summed E-state index contributed by atoms with van der Waals surface area (Å²) in [4.78, 5) is 14.8. The van der Waals surface area contributed by atoms with E-state index >= 15 is 0 Å². The molecule has 1 saturated heterocycles. The molecule has 0 aromatic heterocycles. The molecule has 0 aromatic carbocycles. The van der Waals surface area contributed by atoms with E-state index in [4.69, 9.17) is 11.3 Å². The second kappa shape index (κ2) is 4.89. The molecule has 4 nitrogen and oxygen atoms in total. The molecule has 0 atom stereocenters. The fourth-order valence-corrected chi connectivity index (χ4v) is 2.83. The topological polar surface area (TPSA) is 39.9 Å². The van der Waals surface area contributed by atoms with E-state index in [1.54, 1.807) is 0 Å². The first-order valence-corrected chi connectivity index (χ1v) is 6.02. The first kappa shape index (κ1) is 12.1. The van der Waals surface area contributed by atoms with Crippen LogP contribution in [0.3, 0.4) is 0 Å². The van der Waals surface area contributed by atoms with Crippen LogP contribution >= 0.6 is 0 Å². The molecule has 0 unspecified atom stereocenters. The van der Waals surface area contributed by atoms with Crippen LogP contribution in [-0.2, 0) is 14.3 Å². The number of carbonyl (C=O) groups is 1. The second-order valence-electron chi connectivity index (χ2n) is 4.72. The monoisotopic (exact) mass is 235 g/mol. The molecule has 92 valence electrons. The van der Waals surface area contributed by atoms with Crippen molar-refractivity contribution in [3.63, 3.8) is 0 Å². The molecule has 2 rings (SSSR count). The highest BCUT2D eigenvalue weighted by atomic mass is 16.5. The maximum atomic E-state index is 11.5. The number of nitrogens with zero attached hydrogens (tertiary/aromatic N) is 1. The fourth-order valence-electron chi connectivity index (χ4n) is 2.83. The van der Waals surface area contributed by atoms with Gasteiger partial charge in [-0.1, -0.05) is 18.4 Å². The highest BCUT2D eigenvalue weighted by Gasteiger charge is 2.39. The van der Waals surface area contributed by atoms with Gasteiger partial charge < -0.3 is 9.47 Å².